The average molecular weight is 323 g/mol. The normalized spacial score (nSPS) is 24.7. The van der Waals surface area contributed by atoms with E-state index in [1.54, 1.807) is 4.90 Å². The molecule has 2 saturated heterocycles. The van der Waals surface area contributed by atoms with Gasteiger partial charge in [0.1, 0.15) is 6.54 Å². The van der Waals surface area contributed by atoms with Crippen LogP contribution >= 0.6 is 0 Å². The number of hydrogen-bond acceptors (Lipinski definition) is 4. The molecular formula is C16H25N3O4. The number of aliphatic hydroxyl groups is 1. The van der Waals surface area contributed by atoms with Crippen LogP contribution in [0, 0.1) is 5.41 Å². The summed E-state index contributed by atoms with van der Waals surface area (Å²) in [6.07, 6.45) is 4.48. The smallest absolute Gasteiger partial charge is 0.325 e. The quantitative estimate of drug-likeness (QED) is 0.569. The van der Waals surface area contributed by atoms with Gasteiger partial charge in [0.25, 0.3) is 5.91 Å². The van der Waals surface area contributed by atoms with Gasteiger partial charge < -0.3 is 15.3 Å². The van der Waals surface area contributed by atoms with E-state index in [1.165, 1.54) is 5.57 Å². The van der Waals surface area contributed by atoms with Crippen LogP contribution in [-0.4, -0.2) is 65.5 Å². The first kappa shape index (κ1) is 17.5. The van der Waals surface area contributed by atoms with Gasteiger partial charge in [0.15, 0.2) is 0 Å². The van der Waals surface area contributed by atoms with E-state index in [0.717, 1.165) is 24.2 Å². The molecule has 2 heterocycles. The SMILES string of the molecule is CC(C)=CCC1(CO)CCCN(C(=O)CN2C(=O)CNC2=O)C1. The summed E-state index contributed by atoms with van der Waals surface area (Å²) in [4.78, 5) is 38.2. The Morgan fingerprint density at radius 2 is 2.13 bits per heavy atom. The molecule has 7 nitrogen and oxygen atoms in total. The Balaban J connectivity index is 2.01. The first-order valence-corrected chi connectivity index (χ1v) is 7.97. The topological polar surface area (TPSA) is 89.9 Å². The van der Waals surface area contributed by atoms with Gasteiger partial charge >= 0.3 is 6.03 Å². The summed E-state index contributed by atoms with van der Waals surface area (Å²) in [6.45, 7) is 4.81. The lowest BCUT2D eigenvalue weighted by Crippen LogP contribution is -2.51. The van der Waals surface area contributed by atoms with Crippen molar-refractivity contribution in [1.29, 1.82) is 0 Å². The first-order chi connectivity index (χ1) is 10.9. The van der Waals surface area contributed by atoms with Gasteiger partial charge in [0.2, 0.25) is 5.91 Å². The zero-order valence-corrected chi connectivity index (χ0v) is 13.8. The van der Waals surface area contributed by atoms with Crippen LogP contribution in [0.4, 0.5) is 4.79 Å². The van der Waals surface area contributed by atoms with Crippen LogP contribution in [0.15, 0.2) is 11.6 Å². The van der Waals surface area contributed by atoms with Crippen LogP contribution in [0.5, 0.6) is 0 Å². The lowest BCUT2D eigenvalue weighted by molar-refractivity contribution is -0.139. The van der Waals surface area contributed by atoms with Gasteiger partial charge in [-0.1, -0.05) is 11.6 Å². The summed E-state index contributed by atoms with van der Waals surface area (Å²) in [6, 6.07) is -0.515. The maximum absolute atomic E-state index is 12.4. The van der Waals surface area contributed by atoms with E-state index in [-0.39, 0.29) is 36.9 Å². The van der Waals surface area contributed by atoms with E-state index in [0.29, 0.717) is 13.1 Å². The summed E-state index contributed by atoms with van der Waals surface area (Å²) >= 11 is 0. The molecule has 0 bridgehead atoms. The Kier molecular flexibility index (Phi) is 5.41. The van der Waals surface area contributed by atoms with Crippen molar-refractivity contribution in [1.82, 2.24) is 15.1 Å². The van der Waals surface area contributed by atoms with Crippen LogP contribution in [0.1, 0.15) is 33.1 Å². The third-order valence-corrected chi connectivity index (χ3v) is 4.52. The molecule has 2 aliphatic rings. The second-order valence-corrected chi connectivity index (χ2v) is 6.70. The van der Waals surface area contributed by atoms with Gasteiger partial charge in [-0.05, 0) is 33.1 Å². The van der Waals surface area contributed by atoms with Crippen LogP contribution in [0.2, 0.25) is 0 Å². The Bertz CT molecular complexity index is 511. The zero-order valence-electron chi connectivity index (χ0n) is 13.8. The summed E-state index contributed by atoms with van der Waals surface area (Å²) in [5.41, 5.74) is 0.850. The molecular weight excluding hydrogens is 298 g/mol. The van der Waals surface area contributed by atoms with E-state index in [1.807, 2.05) is 13.8 Å². The molecule has 0 aromatic heterocycles. The van der Waals surface area contributed by atoms with Crippen molar-refractivity contribution in [3.63, 3.8) is 0 Å². The van der Waals surface area contributed by atoms with E-state index >= 15 is 0 Å². The number of rotatable bonds is 5. The third-order valence-electron chi connectivity index (χ3n) is 4.52. The van der Waals surface area contributed by atoms with Gasteiger partial charge in [0, 0.05) is 18.5 Å². The Morgan fingerprint density at radius 1 is 1.39 bits per heavy atom. The molecule has 1 atom stereocenters. The second-order valence-electron chi connectivity index (χ2n) is 6.70. The number of piperidine rings is 1. The number of allylic oxidation sites excluding steroid dienone is 2. The number of aliphatic hydroxyl groups excluding tert-OH is 1. The fraction of sp³-hybridized carbons (Fsp3) is 0.688. The van der Waals surface area contributed by atoms with Gasteiger partial charge in [-0.2, -0.15) is 0 Å². The van der Waals surface area contributed by atoms with Crippen LogP contribution in [0.3, 0.4) is 0 Å². The lowest BCUT2D eigenvalue weighted by atomic mass is 9.77. The number of amides is 4. The second kappa shape index (κ2) is 7.12. The molecule has 0 spiro atoms. The summed E-state index contributed by atoms with van der Waals surface area (Å²) in [5.74, 6) is -0.622. The van der Waals surface area contributed by atoms with E-state index in [2.05, 4.69) is 11.4 Å². The molecule has 2 fully saturated rings. The highest BCUT2D eigenvalue weighted by molar-refractivity contribution is 6.04. The summed E-state index contributed by atoms with van der Waals surface area (Å²) < 4.78 is 0. The zero-order chi connectivity index (χ0) is 17.0. The number of carbonyl (C=O) groups is 3. The maximum Gasteiger partial charge on any atom is 0.325 e. The van der Waals surface area contributed by atoms with Crippen molar-refractivity contribution < 1.29 is 19.5 Å². The standard InChI is InChI=1S/C16H25N3O4/c1-12(2)4-6-16(11-20)5-3-7-18(10-16)14(22)9-19-13(21)8-17-15(19)23/h4,20H,3,5-11H2,1-2H3,(H,17,23). The Labute approximate surface area is 136 Å². The third kappa shape index (κ3) is 4.10. The average Bonchev–Trinajstić information content (AvgIpc) is 2.85. The summed E-state index contributed by atoms with van der Waals surface area (Å²) in [7, 11) is 0. The predicted octanol–water partition coefficient (Wildman–Crippen LogP) is 0.496. The minimum atomic E-state index is -0.515. The van der Waals surface area contributed by atoms with Crippen LogP contribution < -0.4 is 5.32 Å². The number of carbonyl (C=O) groups excluding carboxylic acids is 3. The molecule has 0 saturated carbocycles. The fourth-order valence-electron chi connectivity index (χ4n) is 3.05. The largest absolute Gasteiger partial charge is 0.396 e. The Morgan fingerprint density at radius 3 is 2.70 bits per heavy atom. The van der Waals surface area contributed by atoms with Crippen molar-refractivity contribution in [2.24, 2.45) is 5.41 Å². The van der Waals surface area contributed by atoms with Crippen LogP contribution in [-0.2, 0) is 9.59 Å². The number of nitrogens with zero attached hydrogens (tertiary/aromatic N) is 2. The molecule has 1 unspecified atom stereocenters. The van der Waals surface area contributed by atoms with Crippen molar-refractivity contribution in [3.05, 3.63) is 11.6 Å². The highest BCUT2D eigenvalue weighted by atomic mass is 16.3. The molecule has 0 aromatic rings. The highest BCUT2D eigenvalue weighted by Crippen LogP contribution is 2.34. The number of imide groups is 1. The van der Waals surface area contributed by atoms with Crippen molar-refractivity contribution in [3.8, 4) is 0 Å². The van der Waals surface area contributed by atoms with Gasteiger partial charge in [-0.25, -0.2) is 4.79 Å². The van der Waals surface area contributed by atoms with E-state index in [4.69, 9.17) is 0 Å². The molecule has 128 valence electrons. The minimum absolute atomic E-state index is 0.0176. The number of hydrogen-bond donors (Lipinski definition) is 2. The van der Waals surface area contributed by atoms with Crippen LogP contribution in [0.25, 0.3) is 0 Å². The predicted molar refractivity (Wildman–Crippen MR) is 84.5 cm³/mol. The van der Waals surface area contributed by atoms with E-state index in [9.17, 15) is 19.5 Å². The molecule has 0 aromatic carbocycles. The Hall–Kier alpha value is -1.89. The molecule has 0 radical (unpaired) electrons. The van der Waals surface area contributed by atoms with Crippen molar-refractivity contribution in [2.75, 3.05) is 32.8 Å². The molecule has 2 aliphatic heterocycles. The summed E-state index contributed by atoms with van der Waals surface area (Å²) in [5, 5.41) is 12.2. The maximum atomic E-state index is 12.4. The fourth-order valence-corrected chi connectivity index (χ4v) is 3.05. The minimum Gasteiger partial charge on any atom is -0.396 e. The molecule has 4 amide bonds. The molecule has 2 rings (SSSR count). The molecule has 23 heavy (non-hydrogen) atoms. The van der Waals surface area contributed by atoms with Crippen molar-refractivity contribution in [2.45, 2.75) is 33.1 Å². The van der Waals surface area contributed by atoms with Gasteiger partial charge in [-0.15, -0.1) is 0 Å². The highest BCUT2D eigenvalue weighted by Gasteiger charge is 2.38. The van der Waals surface area contributed by atoms with Gasteiger partial charge in [0.05, 0.1) is 13.2 Å². The first-order valence-electron chi connectivity index (χ1n) is 7.97. The van der Waals surface area contributed by atoms with Crippen molar-refractivity contribution >= 4 is 17.8 Å². The lowest BCUT2D eigenvalue weighted by Gasteiger charge is -2.41. The van der Waals surface area contributed by atoms with Gasteiger partial charge in [-0.3, -0.25) is 14.5 Å². The molecule has 2 N–H and O–H groups in total. The van der Waals surface area contributed by atoms with E-state index < -0.39 is 6.03 Å². The number of nitrogens with one attached hydrogen (secondary N) is 1. The number of likely N-dealkylation sites (tertiary alicyclic amines) is 1. The molecule has 0 aliphatic carbocycles. The number of urea groups is 1. The molecule has 7 heteroatoms. The monoisotopic (exact) mass is 323 g/mol.